The summed E-state index contributed by atoms with van der Waals surface area (Å²) in [6, 6.07) is 7.45. The number of ether oxygens (including phenoxy) is 3. The Balaban J connectivity index is 2.49. The van der Waals surface area contributed by atoms with Crippen LogP contribution in [0.3, 0.4) is 0 Å². The molecule has 0 bridgehead atoms. The molecule has 2 aromatic carbocycles. The van der Waals surface area contributed by atoms with Gasteiger partial charge in [0, 0.05) is 23.9 Å². The van der Waals surface area contributed by atoms with Gasteiger partial charge in [0.15, 0.2) is 17.3 Å². The highest BCUT2D eigenvalue weighted by molar-refractivity contribution is 6.02. The zero-order valence-corrected chi connectivity index (χ0v) is 14.3. The molecule has 0 atom stereocenters. The first-order valence-corrected chi connectivity index (χ1v) is 7.42. The summed E-state index contributed by atoms with van der Waals surface area (Å²) in [5.74, 6) is 1.85. The van der Waals surface area contributed by atoms with Gasteiger partial charge in [-0.05, 0) is 37.7 Å². The molecule has 0 aliphatic carbocycles. The second-order valence-electron chi connectivity index (χ2n) is 5.56. The molecule has 0 saturated carbocycles. The molecule has 0 N–H and O–H groups in total. The predicted octanol–water partition coefficient (Wildman–Crippen LogP) is 3.00. The number of benzene rings is 2. The lowest BCUT2D eigenvalue weighted by molar-refractivity contribution is 0.0972. The number of carbonyl (C=O) groups excluding carboxylic acids is 1. The number of nitrogens with zero attached hydrogens (tertiary/aromatic N) is 1. The van der Waals surface area contributed by atoms with Gasteiger partial charge in [0.25, 0.3) is 0 Å². The Bertz CT molecular complexity index is 710. The average Bonchev–Trinajstić information content (AvgIpc) is 2.56. The third-order valence-corrected chi connectivity index (χ3v) is 3.75. The van der Waals surface area contributed by atoms with Crippen molar-refractivity contribution in [1.29, 1.82) is 0 Å². The van der Waals surface area contributed by atoms with Crippen LogP contribution in [-0.4, -0.2) is 52.7 Å². The van der Waals surface area contributed by atoms with Crippen LogP contribution in [-0.2, 0) is 0 Å². The molecular formula is C18H23NO4. The van der Waals surface area contributed by atoms with Gasteiger partial charge in [-0.3, -0.25) is 4.79 Å². The lowest BCUT2D eigenvalue weighted by Crippen LogP contribution is -2.16. The van der Waals surface area contributed by atoms with Crippen LogP contribution in [0.5, 0.6) is 17.2 Å². The summed E-state index contributed by atoms with van der Waals surface area (Å²) >= 11 is 0. The van der Waals surface area contributed by atoms with E-state index in [9.17, 15) is 4.79 Å². The molecular weight excluding hydrogens is 294 g/mol. The molecule has 2 aromatic rings. The fraction of sp³-hybridized carbons (Fsp3) is 0.389. The van der Waals surface area contributed by atoms with Gasteiger partial charge in [0.1, 0.15) is 0 Å². The van der Waals surface area contributed by atoms with Gasteiger partial charge in [-0.1, -0.05) is 6.07 Å². The number of hydrogen-bond acceptors (Lipinski definition) is 5. The minimum Gasteiger partial charge on any atom is -0.493 e. The second-order valence-corrected chi connectivity index (χ2v) is 5.56. The number of fused-ring (bicyclic) bond motifs is 1. The van der Waals surface area contributed by atoms with Crippen molar-refractivity contribution in [2.45, 2.75) is 6.42 Å². The van der Waals surface area contributed by atoms with Gasteiger partial charge in [-0.25, -0.2) is 0 Å². The fourth-order valence-corrected chi connectivity index (χ4v) is 2.52. The highest BCUT2D eigenvalue weighted by Crippen LogP contribution is 2.43. The van der Waals surface area contributed by atoms with E-state index in [1.807, 2.05) is 43.3 Å². The van der Waals surface area contributed by atoms with Crippen LogP contribution in [0.15, 0.2) is 24.3 Å². The second kappa shape index (κ2) is 7.33. The SMILES string of the molecule is COc1cc2cc(C(=O)CCN(C)C)ccc2c(OC)c1OC. The maximum absolute atomic E-state index is 12.3. The summed E-state index contributed by atoms with van der Waals surface area (Å²) in [5, 5.41) is 1.77. The Labute approximate surface area is 136 Å². The molecule has 0 aromatic heterocycles. The molecule has 0 amide bonds. The summed E-state index contributed by atoms with van der Waals surface area (Å²) in [6.45, 7) is 0.728. The Morgan fingerprint density at radius 3 is 2.26 bits per heavy atom. The molecule has 0 saturated heterocycles. The third-order valence-electron chi connectivity index (χ3n) is 3.75. The topological polar surface area (TPSA) is 48.0 Å². The van der Waals surface area contributed by atoms with Crippen molar-refractivity contribution in [3.63, 3.8) is 0 Å². The Hall–Kier alpha value is -2.27. The smallest absolute Gasteiger partial charge is 0.203 e. The molecule has 0 radical (unpaired) electrons. The van der Waals surface area contributed by atoms with Crippen LogP contribution in [0.1, 0.15) is 16.8 Å². The number of Topliss-reactive ketones (excluding diaryl/α,β-unsaturated/α-hetero) is 1. The fourth-order valence-electron chi connectivity index (χ4n) is 2.52. The van der Waals surface area contributed by atoms with Crippen LogP contribution < -0.4 is 14.2 Å². The van der Waals surface area contributed by atoms with Crippen molar-refractivity contribution in [2.24, 2.45) is 0 Å². The van der Waals surface area contributed by atoms with Crippen molar-refractivity contribution < 1.29 is 19.0 Å². The van der Waals surface area contributed by atoms with Gasteiger partial charge >= 0.3 is 0 Å². The minimum absolute atomic E-state index is 0.120. The summed E-state index contributed by atoms with van der Waals surface area (Å²) in [6.07, 6.45) is 0.489. The molecule has 124 valence electrons. The average molecular weight is 317 g/mol. The molecule has 5 nitrogen and oxygen atoms in total. The maximum Gasteiger partial charge on any atom is 0.203 e. The van der Waals surface area contributed by atoms with Crippen molar-refractivity contribution in [1.82, 2.24) is 4.90 Å². The first kappa shape index (κ1) is 17.1. The minimum atomic E-state index is 0.120. The van der Waals surface area contributed by atoms with Crippen molar-refractivity contribution in [2.75, 3.05) is 42.0 Å². The molecule has 5 heteroatoms. The van der Waals surface area contributed by atoms with Crippen LogP contribution in [0.2, 0.25) is 0 Å². The molecule has 23 heavy (non-hydrogen) atoms. The predicted molar refractivity (Wildman–Crippen MR) is 91.1 cm³/mol. The summed E-state index contributed by atoms with van der Waals surface area (Å²) in [4.78, 5) is 14.3. The Morgan fingerprint density at radius 1 is 1.00 bits per heavy atom. The highest BCUT2D eigenvalue weighted by atomic mass is 16.5. The summed E-state index contributed by atoms with van der Waals surface area (Å²) < 4.78 is 16.2. The molecule has 0 spiro atoms. The first-order chi connectivity index (χ1) is 11.0. The summed E-state index contributed by atoms with van der Waals surface area (Å²) in [7, 11) is 8.65. The van der Waals surface area contributed by atoms with Crippen molar-refractivity contribution >= 4 is 16.6 Å². The van der Waals surface area contributed by atoms with Crippen molar-refractivity contribution in [3.8, 4) is 17.2 Å². The van der Waals surface area contributed by atoms with Crippen LogP contribution in [0.4, 0.5) is 0 Å². The number of ketones is 1. The van der Waals surface area contributed by atoms with Crippen LogP contribution in [0, 0.1) is 0 Å². The van der Waals surface area contributed by atoms with E-state index in [4.69, 9.17) is 14.2 Å². The van der Waals surface area contributed by atoms with E-state index in [-0.39, 0.29) is 5.78 Å². The van der Waals surface area contributed by atoms with E-state index in [2.05, 4.69) is 0 Å². The Kier molecular flexibility index (Phi) is 5.45. The van der Waals surface area contributed by atoms with E-state index in [0.717, 1.165) is 17.3 Å². The zero-order valence-electron chi connectivity index (χ0n) is 14.3. The number of methoxy groups -OCH3 is 3. The van der Waals surface area contributed by atoms with E-state index in [1.165, 1.54) is 0 Å². The maximum atomic E-state index is 12.3. The number of hydrogen-bond donors (Lipinski definition) is 0. The molecule has 0 fully saturated rings. The standard InChI is InChI=1S/C18H23NO4/c1-19(2)9-8-15(20)12-6-7-14-13(10-12)11-16(21-3)18(23-5)17(14)22-4/h6-7,10-11H,8-9H2,1-5H3. The van der Waals surface area contributed by atoms with Gasteiger partial charge in [-0.2, -0.15) is 0 Å². The lowest BCUT2D eigenvalue weighted by Gasteiger charge is -2.15. The molecule has 0 heterocycles. The van der Waals surface area contributed by atoms with E-state index >= 15 is 0 Å². The Morgan fingerprint density at radius 2 is 1.70 bits per heavy atom. The number of rotatable bonds is 7. The van der Waals surface area contributed by atoms with E-state index in [1.54, 1.807) is 21.3 Å². The van der Waals surface area contributed by atoms with Gasteiger partial charge in [0.2, 0.25) is 5.75 Å². The van der Waals surface area contributed by atoms with Gasteiger partial charge in [0.05, 0.1) is 21.3 Å². The normalized spacial score (nSPS) is 10.9. The quantitative estimate of drug-likeness (QED) is 0.735. The van der Waals surface area contributed by atoms with Crippen molar-refractivity contribution in [3.05, 3.63) is 29.8 Å². The van der Waals surface area contributed by atoms with E-state index in [0.29, 0.717) is 29.2 Å². The van der Waals surface area contributed by atoms with Gasteiger partial charge < -0.3 is 19.1 Å². The van der Waals surface area contributed by atoms with Crippen LogP contribution in [0.25, 0.3) is 10.8 Å². The highest BCUT2D eigenvalue weighted by Gasteiger charge is 2.17. The molecule has 0 aliphatic rings. The third kappa shape index (κ3) is 3.56. The largest absolute Gasteiger partial charge is 0.493 e. The number of carbonyl (C=O) groups is 1. The lowest BCUT2D eigenvalue weighted by atomic mass is 10.0. The van der Waals surface area contributed by atoms with Crippen LogP contribution >= 0.6 is 0 Å². The molecule has 2 rings (SSSR count). The molecule has 0 unspecified atom stereocenters. The zero-order chi connectivity index (χ0) is 17.0. The summed E-state index contributed by atoms with van der Waals surface area (Å²) in [5.41, 5.74) is 0.689. The molecule has 0 aliphatic heterocycles. The first-order valence-electron chi connectivity index (χ1n) is 7.42. The monoisotopic (exact) mass is 317 g/mol. The van der Waals surface area contributed by atoms with Gasteiger partial charge in [-0.15, -0.1) is 0 Å². The van der Waals surface area contributed by atoms with E-state index < -0.39 is 0 Å².